The molecule has 0 bridgehead atoms. The van der Waals surface area contributed by atoms with E-state index >= 15 is 0 Å². The summed E-state index contributed by atoms with van der Waals surface area (Å²) in [5, 5.41) is 5.76. The molecule has 1 aromatic heterocycles. The zero-order valence-corrected chi connectivity index (χ0v) is 14.5. The van der Waals surface area contributed by atoms with Crippen LogP contribution >= 0.6 is 11.6 Å². The number of halogens is 2. The summed E-state index contributed by atoms with van der Waals surface area (Å²) in [6.45, 7) is 0. The van der Waals surface area contributed by atoms with Crippen molar-refractivity contribution in [2.45, 2.75) is 12.8 Å². The van der Waals surface area contributed by atoms with E-state index in [1.807, 2.05) is 0 Å². The van der Waals surface area contributed by atoms with E-state index in [-0.39, 0.29) is 29.5 Å². The van der Waals surface area contributed by atoms with Crippen molar-refractivity contribution < 1.29 is 18.4 Å². The maximum absolute atomic E-state index is 13.8. The van der Waals surface area contributed by atoms with E-state index in [4.69, 9.17) is 16.0 Å². The van der Waals surface area contributed by atoms with E-state index in [1.54, 1.807) is 30.3 Å². The fourth-order valence-corrected chi connectivity index (χ4v) is 2.63. The van der Waals surface area contributed by atoms with Crippen molar-refractivity contribution >= 4 is 45.8 Å². The van der Waals surface area contributed by atoms with Crippen LogP contribution in [0, 0.1) is 5.82 Å². The highest BCUT2D eigenvalue weighted by Crippen LogP contribution is 2.31. The van der Waals surface area contributed by atoms with Crippen LogP contribution in [0.1, 0.15) is 23.4 Å². The van der Waals surface area contributed by atoms with Crippen molar-refractivity contribution in [3.8, 4) is 0 Å². The van der Waals surface area contributed by atoms with Crippen molar-refractivity contribution in [2.24, 2.45) is 0 Å². The lowest BCUT2D eigenvalue weighted by Crippen LogP contribution is -2.17. The number of para-hydroxylation sites is 2. The smallest absolute Gasteiger partial charge is 0.293 e. The SMILES string of the molecule is O=C(CCCCl)Nc1c(C(=O)Nc2ccccc2F)oc2ccccc12. The predicted molar refractivity (Wildman–Crippen MR) is 99.2 cm³/mol. The third-order valence-corrected chi connectivity index (χ3v) is 3.99. The Labute approximate surface area is 154 Å². The Morgan fingerprint density at radius 3 is 2.54 bits per heavy atom. The van der Waals surface area contributed by atoms with E-state index in [0.717, 1.165) is 0 Å². The van der Waals surface area contributed by atoms with E-state index in [1.165, 1.54) is 18.2 Å². The van der Waals surface area contributed by atoms with Crippen LogP contribution < -0.4 is 10.6 Å². The molecule has 3 aromatic rings. The molecular weight excluding hydrogens is 359 g/mol. The number of hydrogen-bond acceptors (Lipinski definition) is 3. The minimum absolute atomic E-state index is 0.0253. The van der Waals surface area contributed by atoms with Gasteiger partial charge in [0.2, 0.25) is 11.7 Å². The van der Waals surface area contributed by atoms with Crippen LogP contribution in [-0.4, -0.2) is 17.7 Å². The van der Waals surface area contributed by atoms with Crippen molar-refractivity contribution in [1.29, 1.82) is 0 Å². The number of amides is 2. The molecular formula is C19H16ClFN2O3. The van der Waals surface area contributed by atoms with E-state index < -0.39 is 11.7 Å². The Morgan fingerprint density at radius 2 is 1.77 bits per heavy atom. The molecule has 26 heavy (non-hydrogen) atoms. The molecule has 2 amide bonds. The number of nitrogens with one attached hydrogen (secondary N) is 2. The number of carbonyl (C=O) groups excluding carboxylic acids is 2. The highest BCUT2D eigenvalue weighted by atomic mass is 35.5. The predicted octanol–water partition coefficient (Wildman–Crippen LogP) is 4.78. The lowest BCUT2D eigenvalue weighted by atomic mass is 10.2. The van der Waals surface area contributed by atoms with Crippen molar-refractivity contribution in [3.05, 3.63) is 60.1 Å². The van der Waals surface area contributed by atoms with Crippen LogP contribution in [0.3, 0.4) is 0 Å². The molecule has 0 unspecified atom stereocenters. The van der Waals surface area contributed by atoms with Gasteiger partial charge in [0.1, 0.15) is 17.1 Å². The van der Waals surface area contributed by atoms with Gasteiger partial charge in [0.15, 0.2) is 0 Å². The number of fused-ring (bicyclic) bond motifs is 1. The largest absolute Gasteiger partial charge is 0.449 e. The van der Waals surface area contributed by atoms with Crippen LogP contribution in [-0.2, 0) is 4.79 Å². The quantitative estimate of drug-likeness (QED) is 0.610. The van der Waals surface area contributed by atoms with Crippen LogP contribution in [0.15, 0.2) is 52.9 Å². The van der Waals surface area contributed by atoms with E-state index in [2.05, 4.69) is 10.6 Å². The number of carbonyl (C=O) groups is 2. The average molecular weight is 375 g/mol. The van der Waals surface area contributed by atoms with Gasteiger partial charge in [0.05, 0.1) is 5.69 Å². The van der Waals surface area contributed by atoms with Gasteiger partial charge in [-0.15, -0.1) is 11.6 Å². The maximum Gasteiger partial charge on any atom is 0.293 e. The molecule has 2 N–H and O–H groups in total. The summed E-state index contributed by atoms with van der Waals surface area (Å²) in [5.41, 5.74) is 0.727. The number of hydrogen-bond donors (Lipinski definition) is 2. The molecule has 0 atom stereocenters. The molecule has 134 valence electrons. The molecule has 0 aliphatic rings. The maximum atomic E-state index is 13.8. The van der Waals surface area contributed by atoms with Gasteiger partial charge in [-0.3, -0.25) is 9.59 Å². The number of rotatable bonds is 6. The first kappa shape index (κ1) is 17.9. The normalized spacial score (nSPS) is 10.7. The van der Waals surface area contributed by atoms with Gasteiger partial charge >= 0.3 is 0 Å². The number of anilines is 2. The number of furan rings is 1. The summed E-state index contributed by atoms with van der Waals surface area (Å²) in [5.74, 6) is -1.23. The fraction of sp³-hybridized carbons (Fsp3) is 0.158. The Morgan fingerprint density at radius 1 is 1.04 bits per heavy atom. The summed E-state index contributed by atoms with van der Waals surface area (Å²) >= 11 is 5.61. The first-order valence-corrected chi connectivity index (χ1v) is 8.57. The third-order valence-electron chi connectivity index (χ3n) is 3.73. The summed E-state index contributed by atoms with van der Waals surface area (Å²) in [7, 11) is 0. The molecule has 3 rings (SSSR count). The van der Waals surface area contributed by atoms with Crippen LogP contribution in [0.25, 0.3) is 11.0 Å². The molecule has 0 saturated heterocycles. The summed E-state index contributed by atoms with van der Waals surface area (Å²) in [6, 6.07) is 12.7. The molecule has 0 saturated carbocycles. The zero-order chi connectivity index (χ0) is 18.5. The van der Waals surface area contributed by atoms with E-state index in [0.29, 0.717) is 23.3 Å². The van der Waals surface area contributed by atoms with Crippen LogP contribution in [0.4, 0.5) is 15.8 Å². The summed E-state index contributed by atoms with van der Waals surface area (Å²) in [6.07, 6.45) is 0.733. The molecule has 5 nitrogen and oxygen atoms in total. The molecule has 7 heteroatoms. The van der Waals surface area contributed by atoms with Crippen molar-refractivity contribution in [1.82, 2.24) is 0 Å². The van der Waals surface area contributed by atoms with Gasteiger partial charge in [-0.05, 0) is 30.7 Å². The van der Waals surface area contributed by atoms with Gasteiger partial charge < -0.3 is 15.1 Å². The van der Waals surface area contributed by atoms with E-state index in [9.17, 15) is 14.0 Å². The molecule has 0 radical (unpaired) electrons. The Bertz CT molecular complexity index is 955. The zero-order valence-electron chi connectivity index (χ0n) is 13.7. The Kier molecular flexibility index (Phi) is 5.53. The highest BCUT2D eigenvalue weighted by molar-refractivity contribution is 6.18. The molecule has 0 fully saturated rings. The highest BCUT2D eigenvalue weighted by Gasteiger charge is 2.22. The third kappa shape index (κ3) is 3.86. The molecule has 2 aromatic carbocycles. The van der Waals surface area contributed by atoms with Gasteiger partial charge in [0, 0.05) is 17.7 Å². The minimum Gasteiger partial charge on any atom is -0.449 e. The summed E-state index contributed by atoms with van der Waals surface area (Å²) in [4.78, 5) is 24.7. The second-order valence-electron chi connectivity index (χ2n) is 5.58. The summed E-state index contributed by atoms with van der Waals surface area (Å²) < 4.78 is 19.4. The van der Waals surface area contributed by atoms with Gasteiger partial charge in [-0.1, -0.05) is 24.3 Å². The van der Waals surface area contributed by atoms with Gasteiger partial charge in [-0.2, -0.15) is 0 Å². The lowest BCUT2D eigenvalue weighted by Gasteiger charge is -2.07. The first-order valence-electron chi connectivity index (χ1n) is 8.03. The molecule has 0 aliphatic heterocycles. The Balaban J connectivity index is 1.94. The van der Waals surface area contributed by atoms with Crippen molar-refractivity contribution in [2.75, 3.05) is 16.5 Å². The van der Waals surface area contributed by atoms with Crippen molar-refractivity contribution in [3.63, 3.8) is 0 Å². The number of alkyl halides is 1. The topological polar surface area (TPSA) is 71.3 Å². The standard InChI is InChI=1S/C19H16ClFN2O3/c20-11-5-10-16(24)23-17-12-6-1-4-9-15(12)26-18(17)19(25)22-14-8-3-2-7-13(14)21/h1-4,6-9H,5,10-11H2,(H,22,25)(H,23,24). The average Bonchev–Trinajstić information content (AvgIpc) is 3.00. The molecule has 0 spiro atoms. The van der Waals surface area contributed by atoms with Crippen LogP contribution in [0.2, 0.25) is 0 Å². The fourth-order valence-electron chi connectivity index (χ4n) is 2.50. The minimum atomic E-state index is -0.654. The lowest BCUT2D eigenvalue weighted by molar-refractivity contribution is -0.116. The first-order chi connectivity index (χ1) is 12.6. The second-order valence-corrected chi connectivity index (χ2v) is 5.95. The molecule has 1 heterocycles. The van der Waals surface area contributed by atoms with Gasteiger partial charge in [-0.25, -0.2) is 4.39 Å². The van der Waals surface area contributed by atoms with Crippen LogP contribution in [0.5, 0.6) is 0 Å². The number of benzene rings is 2. The van der Waals surface area contributed by atoms with Gasteiger partial charge in [0.25, 0.3) is 5.91 Å². The molecule has 0 aliphatic carbocycles. The Hall–Kier alpha value is -2.86. The second kappa shape index (κ2) is 8.01. The monoisotopic (exact) mass is 374 g/mol.